The fourth-order valence-electron chi connectivity index (χ4n) is 5.97. The average Bonchev–Trinajstić information content (AvgIpc) is 2.67. The van der Waals surface area contributed by atoms with Gasteiger partial charge >= 0.3 is 0 Å². The van der Waals surface area contributed by atoms with Crippen LogP contribution < -0.4 is 0 Å². The fraction of sp³-hybridized carbons (Fsp3) is 0.690. The average molecular weight is 441 g/mol. The first-order chi connectivity index (χ1) is 14.9. The maximum absolute atomic E-state index is 13.4. The van der Waals surface area contributed by atoms with Crippen LogP contribution >= 0.6 is 0 Å². The highest BCUT2D eigenvalue weighted by Crippen LogP contribution is 2.40. The van der Waals surface area contributed by atoms with Gasteiger partial charge in [-0.15, -0.1) is 0 Å². The van der Waals surface area contributed by atoms with Crippen molar-refractivity contribution >= 4 is 17.3 Å². The highest BCUT2D eigenvalue weighted by Gasteiger charge is 2.35. The van der Waals surface area contributed by atoms with Crippen LogP contribution in [0.1, 0.15) is 120 Å². The van der Waals surface area contributed by atoms with Crippen LogP contribution in [0.4, 0.5) is 0 Å². The highest BCUT2D eigenvalue weighted by atomic mass is 16.1. The number of hydrogen-bond acceptors (Lipinski definition) is 3. The summed E-state index contributed by atoms with van der Waals surface area (Å²) in [6.45, 7) is 16.7. The summed E-state index contributed by atoms with van der Waals surface area (Å²) in [7, 11) is 0. The van der Waals surface area contributed by atoms with Gasteiger partial charge in [0.2, 0.25) is 0 Å². The Morgan fingerprint density at radius 1 is 1.12 bits per heavy atom. The molecule has 0 radical (unpaired) electrons. The fourth-order valence-corrected chi connectivity index (χ4v) is 5.97. The molecule has 3 nitrogen and oxygen atoms in total. The number of hydrogen-bond donors (Lipinski definition) is 0. The van der Waals surface area contributed by atoms with Gasteiger partial charge in [0.1, 0.15) is 11.6 Å². The normalized spacial score (nSPS) is 18.2. The molecule has 1 aliphatic rings. The summed E-state index contributed by atoms with van der Waals surface area (Å²) in [6, 6.07) is 2.33. The van der Waals surface area contributed by atoms with Crippen LogP contribution in [0.15, 0.2) is 6.07 Å². The van der Waals surface area contributed by atoms with E-state index in [0.29, 0.717) is 6.42 Å². The Bertz CT molecular complexity index is 856. The summed E-state index contributed by atoms with van der Waals surface area (Å²) in [5.41, 5.74) is 5.97. The Kier molecular flexibility index (Phi) is 9.02. The topological polar surface area (TPSA) is 51.2 Å². The van der Waals surface area contributed by atoms with E-state index in [4.69, 9.17) is 0 Å². The number of Topliss-reactive ketones (excluding diaryl/α,β-unsaturated/α-hetero) is 3. The molecule has 1 aliphatic carbocycles. The zero-order valence-corrected chi connectivity index (χ0v) is 21.7. The summed E-state index contributed by atoms with van der Waals surface area (Å²) in [4.78, 5) is 37.8. The smallest absolute Gasteiger partial charge is 0.163 e. The van der Waals surface area contributed by atoms with Gasteiger partial charge in [0.25, 0.3) is 0 Å². The van der Waals surface area contributed by atoms with Gasteiger partial charge in [0, 0.05) is 17.9 Å². The number of fused-ring (bicyclic) bond motifs is 1. The minimum atomic E-state index is -0.0778. The second-order valence-electron chi connectivity index (χ2n) is 11.0. The van der Waals surface area contributed by atoms with Gasteiger partial charge in [-0.05, 0) is 79.0 Å². The molecular weight excluding hydrogens is 396 g/mol. The zero-order chi connectivity index (χ0) is 24.2. The third-order valence-electron chi connectivity index (χ3n) is 7.36. The first kappa shape index (κ1) is 26.5. The molecular formula is C29H44O3. The maximum Gasteiger partial charge on any atom is 0.163 e. The van der Waals surface area contributed by atoms with Crippen LogP contribution in [0, 0.1) is 24.7 Å². The molecule has 0 aliphatic heterocycles. The van der Waals surface area contributed by atoms with E-state index in [1.165, 1.54) is 23.6 Å². The van der Waals surface area contributed by atoms with Crippen LogP contribution in [-0.4, -0.2) is 17.3 Å². The van der Waals surface area contributed by atoms with Gasteiger partial charge in [-0.25, -0.2) is 0 Å². The monoisotopic (exact) mass is 440 g/mol. The molecule has 3 heteroatoms. The molecule has 1 aromatic rings. The molecule has 0 spiro atoms. The SMILES string of the molecule is CCCC(CC1CC(=O)c2c(C)c(C(C)(C)C)cc(CC)c2C1)C(CC)C(=O)CC(C)=O. The summed E-state index contributed by atoms with van der Waals surface area (Å²) in [5.74, 6) is 0.745. The van der Waals surface area contributed by atoms with Crippen molar-refractivity contribution in [3.63, 3.8) is 0 Å². The highest BCUT2D eigenvalue weighted by molar-refractivity contribution is 6.01. The molecule has 1 aromatic carbocycles. The standard InChI is InChI=1S/C29H44O3/c1-9-12-22(23(11-3)26(31)13-18(4)30)14-20-15-24-21(10-2)17-25(29(6,7)8)19(5)28(24)27(32)16-20/h17,20,22-23H,9-16H2,1-8H3. The molecule has 2 rings (SSSR count). The Morgan fingerprint density at radius 2 is 1.78 bits per heavy atom. The summed E-state index contributed by atoms with van der Waals surface area (Å²) < 4.78 is 0. The van der Waals surface area contributed by atoms with Crippen molar-refractivity contribution in [1.29, 1.82) is 0 Å². The molecule has 0 aromatic heterocycles. The zero-order valence-electron chi connectivity index (χ0n) is 21.7. The predicted octanol–water partition coefficient (Wildman–Crippen LogP) is 6.98. The van der Waals surface area contributed by atoms with Crippen molar-refractivity contribution in [2.75, 3.05) is 0 Å². The molecule has 0 saturated heterocycles. The number of carbonyl (C=O) groups excluding carboxylic acids is 3. The van der Waals surface area contributed by atoms with Crippen molar-refractivity contribution < 1.29 is 14.4 Å². The molecule has 0 fully saturated rings. The van der Waals surface area contributed by atoms with Gasteiger partial charge in [-0.3, -0.25) is 14.4 Å². The summed E-state index contributed by atoms with van der Waals surface area (Å²) in [6.07, 6.45) is 6.11. The van der Waals surface area contributed by atoms with E-state index in [1.807, 2.05) is 0 Å². The van der Waals surface area contributed by atoms with Gasteiger partial charge in [-0.2, -0.15) is 0 Å². The molecule has 3 unspecified atom stereocenters. The summed E-state index contributed by atoms with van der Waals surface area (Å²) in [5, 5.41) is 0. The van der Waals surface area contributed by atoms with E-state index >= 15 is 0 Å². The van der Waals surface area contributed by atoms with E-state index in [2.05, 4.69) is 54.5 Å². The third kappa shape index (κ3) is 5.97. The van der Waals surface area contributed by atoms with Gasteiger partial charge in [-0.1, -0.05) is 60.5 Å². The van der Waals surface area contributed by atoms with Crippen LogP contribution in [0.3, 0.4) is 0 Å². The lowest BCUT2D eigenvalue weighted by Crippen LogP contribution is -2.30. The van der Waals surface area contributed by atoms with Gasteiger partial charge in [0.05, 0.1) is 6.42 Å². The number of aryl methyl sites for hydroxylation is 1. The number of benzene rings is 1. The van der Waals surface area contributed by atoms with E-state index in [9.17, 15) is 14.4 Å². The molecule has 0 heterocycles. The minimum Gasteiger partial charge on any atom is -0.300 e. The second kappa shape index (κ2) is 10.9. The van der Waals surface area contributed by atoms with Crippen molar-refractivity contribution in [2.24, 2.45) is 17.8 Å². The lowest BCUT2D eigenvalue weighted by Gasteiger charge is -2.34. The largest absolute Gasteiger partial charge is 0.300 e. The maximum atomic E-state index is 13.4. The second-order valence-corrected chi connectivity index (χ2v) is 11.0. The Hall–Kier alpha value is -1.77. The number of ketones is 3. The van der Waals surface area contributed by atoms with E-state index in [1.54, 1.807) is 0 Å². The van der Waals surface area contributed by atoms with E-state index in [-0.39, 0.29) is 46.9 Å². The number of carbonyl (C=O) groups is 3. The van der Waals surface area contributed by atoms with Gasteiger partial charge in [0.15, 0.2) is 5.78 Å². The van der Waals surface area contributed by atoms with Crippen molar-refractivity contribution in [1.82, 2.24) is 0 Å². The Labute approximate surface area is 195 Å². The Morgan fingerprint density at radius 3 is 2.28 bits per heavy atom. The molecule has 0 N–H and O–H groups in total. The van der Waals surface area contributed by atoms with Crippen LogP contribution in [0.5, 0.6) is 0 Å². The summed E-state index contributed by atoms with van der Waals surface area (Å²) >= 11 is 0. The predicted molar refractivity (Wildman–Crippen MR) is 132 cm³/mol. The quantitative estimate of drug-likeness (QED) is 0.369. The molecule has 32 heavy (non-hydrogen) atoms. The van der Waals surface area contributed by atoms with Crippen molar-refractivity contribution in [3.8, 4) is 0 Å². The first-order valence-corrected chi connectivity index (χ1v) is 12.7. The lowest BCUT2D eigenvalue weighted by atomic mass is 9.69. The van der Waals surface area contributed by atoms with Crippen molar-refractivity contribution in [3.05, 3.63) is 33.9 Å². The van der Waals surface area contributed by atoms with E-state index in [0.717, 1.165) is 49.7 Å². The molecule has 178 valence electrons. The minimum absolute atomic E-state index is 0.0117. The molecule has 0 bridgehead atoms. The van der Waals surface area contributed by atoms with Crippen LogP contribution in [0.2, 0.25) is 0 Å². The van der Waals surface area contributed by atoms with Gasteiger partial charge < -0.3 is 0 Å². The van der Waals surface area contributed by atoms with E-state index < -0.39 is 0 Å². The van der Waals surface area contributed by atoms with Crippen molar-refractivity contribution in [2.45, 2.75) is 112 Å². The third-order valence-corrected chi connectivity index (χ3v) is 7.36. The lowest BCUT2D eigenvalue weighted by molar-refractivity contribution is -0.129. The first-order valence-electron chi connectivity index (χ1n) is 12.7. The van der Waals surface area contributed by atoms with Crippen LogP contribution in [-0.2, 0) is 27.8 Å². The molecule has 0 amide bonds. The number of rotatable bonds is 10. The Balaban J connectivity index is 2.37. The molecule has 3 atom stereocenters. The van der Waals surface area contributed by atoms with Crippen LogP contribution in [0.25, 0.3) is 0 Å². The molecule has 0 saturated carbocycles.